The fourth-order valence-corrected chi connectivity index (χ4v) is 3.21. The summed E-state index contributed by atoms with van der Waals surface area (Å²) in [4.78, 5) is 0. The Balaban J connectivity index is 2.41. The highest BCUT2D eigenvalue weighted by atomic mass is 79.9. The summed E-state index contributed by atoms with van der Waals surface area (Å²) in [5, 5.41) is 8.66. The molecule has 2 rings (SSSR count). The maximum atomic E-state index is 6.18. The van der Waals surface area contributed by atoms with Gasteiger partial charge in [-0.3, -0.25) is 4.68 Å². The lowest BCUT2D eigenvalue weighted by Crippen LogP contribution is -2.25. The quantitative estimate of drug-likeness (QED) is 0.831. The van der Waals surface area contributed by atoms with Crippen molar-refractivity contribution < 1.29 is 0 Å². The molecule has 0 fully saturated rings. The second kappa shape index (κ2) is 7.25. The molecule has 0 aliphatic heterocycles. The molecule has 3 nitrogen and oxygen atoms in total. The van der Waals surface area contributed by atoms with E-state index in [0.717, 1.165) is 34.6 Å². The zero-order valence-electron chi connectivity index (χ0n) is 11.7. The van der Waals surface area contributed by atoms with Gasteiger partial charge in [-0.1, -0.05) is 41.4 Å². The molecule has 0 spiro atoms. The van der Waals surface area contributed by atoms with E-state index >= 15 is 0 Å². The van der Waals surface area contributed by atoms with Crippen molar-refractivity contribution >= 4 is 27.5 Å². The van der Waals surface area contributed by atoms with Gasteiger partial charge in [0, 0.05) is 22.2 Å². The Morgan fingerprint density at radius 1 is 1.35 bits per heavy atom. The molecule has 0 amide bonds. The first kappa shape index (κ1) is 15.5. The largest absolute Gasteiger partial charge is 0.305 e. The third kappa shape index (κ3) is 3.62. The number of benzene rings is 1. The topological polar surface area (TPSA) is 29.9 Å². The molecule has 1 heterocycles. The van der Waals surface area contributed by atoms with Gasteiger partial charge in [0.1, 0.15) is 0 Å². The van der Waals surface area contributed by atoms with Crippen molar-refractivity contribution in [1.29, 1.82) is 0 Å². The van der Waals surface area contributed by atoms with Crippen molar-refractivity contribution in [2.24, 2.45) is 0 Å². The molecule has 0 radical (unpaired) electrons. The van der Waals surface area contributed by atoms with Gasteiger partial charge >= 0.3 is 0 Å². The van der Waals surface area contributed by atoms with Crippen molar-refractivity contribution in [3.8, 4) is 0 Å². The first-order valence-electron chi connectivity index (χ1n) is 6.86. The molecule has 0 bridgehead atoms. The lowest BCUT2D eigenvalue weighted by molar-refractivity contribution is 0.520. The summed E-state index contributed by atoms with van der Waals surface area (Å²) in [5.74, 6) is 0. The minimum atomic E-state index is 0.101. The van der Waals surface area contributed by atoms with E-state index in [1.165, 1.54) is 5.69 Å². The number of aryl methyl sites for hydroxylation is 1. The predicted octanol–water partition coefficient (Wildman–Crippen LogP) is 4.41. The second-order valence-corrected chi connectivity index (χ2v) is 6.02. The number of nitrogens with zero attached hydrogens (tertiary/aromatic N) is 2. The van der Waals surface area contributed by atoms with E-state index in [0.29, 0.717) is 0 Å². The van der Waals surface area contributed by atoms with Crippen molar-refractivity contribution in [2.75, 3.05) is 6.54 Å². The van der Waals surface area contributed by atoms with Gasteiger partial charge in [0.2, 0.25) is 0 Å². The van der Waals surface area contributed by atoms with Crippen LogP contribution in [0, 0.1) is 0 Å². The van der Waals surface area contributed by atoms with Crippen molar-refractivity contribution in [3.05, 3.63) is 51.2 Å². The van der Waals surface area contributed by atoms with E-state index < -0.39 is 0 Å². The van der Waals surface area contributed by atoms with Crippen LogP contribution in [0.15, 0.2) is 34.9 Å². The summed E-state index contributed by atoms with van der Waals surface area (Å²) < 4.78 is 3.05. The summed E-state index contributed by atoms with van der Waals surface area (Å²) >= 11 is 9.69. The predicted molar refractivity (Wildman–Crippen MR) is 87.2 cm³/mol. The Hall–Kier alpha value is -0.840. The molecule has 20 heavy (non-hydrogen) atoms. The molecule has 0 saturated carbocycles. The molecule has 0 aliphatic rings. The maximum Gasteiger partial charge on any atom is 0.0749 e. The van der Waals surface area contributed by atoms with Crippen LogP contribution in [0.25, 0.3) is 0 Å². The van der Waals surface area contributed by atoms with Gasteiger partial charge in [0.05, 0.1) is 11.7 Å². The van der Waals surface area contributed by atoms with Crippen LogP contribution in [0.4, 0.5) is 0 Å². The minimum absolute atomic E-state index is 0.101. The molecule has 0 aliphatic carbocycles. The average Bonchev–Trinajstić information content (AvgIpc) is 2.83. The van der Waals surface area contributed by atoms with Crippen LogP contribution < -0.4 is 5.32 Å². The van der Waals surface area contributed by atoms with Crippen LogP contribution in [-0.2, 0) is 6.54 Å². The van der Waals surface area contributed by atoms with E-state index in [1.54, 1.807) is 0 Å². The molecule has 1 aromatic carbocycles. The Labute approximate surface area is 133 Å². The number of nitrogens with one attached hydrogen (secondary N) is 1. The molecule has 2 aromatic rings. The van der Waals surface area contributed by atoms with E-state index in [2.05, 4.69) is 57.0 Å². The number of rotatable bonds is 6. The Bertz CT molecular complexity index is 548. The van der Waals surface area contributed by atoms with E-state index in [1.807, 2.05) is 18.3 Å². The zero-order chi connectivity index (χ0) is 14.5. The highest BCUT2D eigenvalue weighted by Gasteiger charge is 2.18. The molecule has 1 N–H and O–H groups in total. The lowest BCUT2D eigenvalue weighted by atomic mass is 10.0. The standard InChI is InChI=1S/C15H19BrClN3/c1-3-7-20-14(5-6-19-20)15(18-4-2)11-8-12(16)10-13(17)9-11/h5-6,8-10,15,18H,3-4,7H2,1-2H3. The zero-order valence-corrected chi connectivity index (χ0v) is 14.1. The van der Waals surface area contributed by atoms with Crippen LogP contribution in [-0.4, -0.2) is 16.3 Å². The van der Waals surface area contributed by atoms with Crippen LogP contribution in [0.3, 0.4) is 0 Å². The number of aromatic nitrogens is 2. The van der Waals surface area contributed by atoms with Crippen LogP contribution in [0.1, 0.15) is 37.6 Å². The van der Waals surface area contributed by atoms with Crippen molar-refractivity contribution in [1.82, 2.24) is 15.1 Å². The lowest BCUT2D eigenvalue weighted by Gasteiger charge is -2.20. The molecule has 108 valence electrons. The van der Waals surface area contributed by atoms with Crippen molar-refractivity contribution in [2.45, 2.75) is 32.9 Å². The van der Waals surface area contributed by atoms with Crippen LogP contribution >= 0.6 is 27.5 Å². The van der Waals surface area contributed by atoms with Gasteiger partial charge in [0.25, 0.3) is 0 Å². The summed E-state index contributed by atoms with van der Waals surface area (Å²) in [6.07, 6.45) is 2.92. The Morgan fingerprint density at radius 3 is 2.80 bits per heavy atom. The molecule has 5 heteroatoms. The van der Waals surface area contributed by atoms with Crippen LogP contribution in [0.5, 0.6) is 0 Å². The summed E-state index contributed by atoms with van der Waals surface area (Å²) in [6, 6.07) is 8.17. The average molecular weight is 357 g/mol. The smallest absolute Gasteiger partial charge is 0.0749 e. The second-order valence-electron chi connectivity index (χ2n) is 4.67. The third-order valence-electron chi connectivity index (χ3n) is 3.11. The van der Waals surface area contributed by atoms with Crippen LogP contribution in [0.2, 0.25) is 5.02 Å². The fraction of sp³-hybridized carbons (Fsp3) is 0.400. The fourth-order valence-electron chi connectivity index (χ4n) is 2.33. The Kier molecular flexibility index (Phi) is 5.64. The van der Waals surface area contributed by atoms with Gasteiger partial charge in [-0.15, -0.1) is 0 Å². The van der Waals surface area contributed by atoms with E-state index in [-0.39, 0.29) is 6.04 Å². The maximum absolute atomic E-state index is 6.18. The summed E-state index contributed by atoms with van der Waals surface area (Å²) in [6.45, 7) is 6.06. The first-order valence-corrected chi connectivity index (χ1v) is 8.03. The van der Waals surface area contributed by atoms with Gasteiger partial charge in [-0.2, -0.15) is 5.10 Å². The molecular formula is C15H19BrClN3. The van der Waals surface area contributed by atoms with Gasteiger partial charge < -0.3 is 5.32 Å². The molecule has 1 unspecified atom stereocenters. The molecular weight excluding hydrogens is 338 g/mol. The van der Waals surface area contributed by atoms with Crippen molar-refractivity contribution in [3.63, 3.8) is 0 Å². The number of hydrogen-bond acceptors (Lipinski definition) is 2. The Morgan fingerprint density at radius 2 is 2.15 bits per heavy atom. The van der Waals surface area contributed by atoms with E-state index in [4.69, 9.17) is 11.6 Å². The number of hydrogen-bond donors (Lipinski definition) is 1. The van der Waals surface area contributed by atoms with E-state index in [9.17, 15) is 0 Å². The highest BCUT2D eigenvalue weighted by Crippen LogP contribution is 2.28. The highest BCUT2D eigenvalue weighted by molar-refractivity contribution is 9.10. The minimum Gasteiger partial charge on any atom is -0.305 e. The van der Waals surface area contributed by atoms with Gasteiger partial charge in [0.15, 0.2) is 0 Å². The summed E-state index contributed by atoms with van der Waals surface area (Å²) in [7, 11) is 0. The molecule has 0 saturated heterocycles. The SMILES string of the molecule is CCCn1nccc1C(NCC)c1cc(Cl)cc(Br)c1. The number of halogens is 2. The van der Waals surface area contributed by atoms with Gasteiger partial charge in [-0.05, 0) is 42.8 Å². The van der Waals surface area contributed by atoms with Gasteiger partial charge in [-0.25, -0.2) is 0 Å². The monoisotopic (exact) mass is 355 g/mol. The first-order chi connectivity index (χ1) is 9.65. The normalized spacial score (nSPS) is 12.6. The third-order valence-corrected chi connectivity index (χ3v) is 3.78. The molecule has 1 aromatic heterocycles. The molecule has 1 atom stereocenters. The summed E-state index contributed by atoms with van der Waals surface area (Å²) in [5.41, 5.74) is 2.31.